The third-order valence-electron chi connectivity index (χ3n) is 5.38. The van der Waals surface area contributed by atoms with Gasteiger partial charge in [0.2, 0.25) is 10.0 Å². The summed E-state index contributed by atoms with van der Waals surface area (Å²) in [6.45, 7) is 1.71. The highest BCUT2D eigenvalue weighted by Gasteiger charge is 2.27. The zero-order valence-electron chi connectivity index (χ0n) is 18.1. The van der Waals surface area contributed by atoms with E-state index in [1.165, 1.54) is 39.4 Å². The summed E-state index contributed by atoms with van der Waals surface area (Å²) in [5, 5.41) is 17.7. The van der Waals surface area contributed by atoms with Crippen LogP contribution in [-0.4, -0.2) is 76.8 Å². The van der Waals surface area contributed by atoms with E-state index in [2.05, 4.69) is 15.4 Å². The fourth-order valence-electron chi connectivity index (χ4n) is 3.59. The lowest BCUT2D eigenvalue weighted by Gasteiger charge is -2.34. The molecule has 2 aromatic heterocycles. The molecule has 4 rings (SSSR count). The number of nitrogens with zero attached hydrogens (tertiary/aromatic N) is 6. The average molecular weight is 486 g/mol. The van der Waals surface area contributed by atoms with Crippen molar-refractivity contribution in [3.63, 3.8) is 0 Å². The van der Waals surface area contributed by atoms with Gasteiger partial charge in [-0.2, -0.15) is 9.40 Å². The first-order chi connectivity index (χ1) is 16.3. The second-order valence-corrected chi connectivity index (χ2v) is 9.66. The second-order valence-electron chi connectivity index (χ2n) is 7.57. The van der Waals surface area contributed by atoms with Gasteiger partial charge in [-0.25, -0.2) is 18.1 Å². The standard InChI is InChI=1S/C21H23N7O5S/c29-21(19-7-10-27(24-19)17-4-3-5-18(16-17)28(30)31)23-9-15-34(32,33)26-13-11-25(12-14-26)20-6-1-2-8-22-20/h1-8,10,16H,9,11-15H2,(H,23,29). The van der Waals surface area contributed by atoms with Crippen molar-refractivity contribution in [2.24, 2.45) is 0 Å². The van der Waals surface area contributed by atoms with Crippen molar-refractivity contribution in [3.05, 3.63) is 76.7 Å². The number of carbonyl (C=O) groups excluding carboxylic acids is 1. The fraction of sp³-hybridized carbons (Fsp3) is 0.286. The molecule has 1 N–H and O–H groups in total. The molecule has 13 heteroatoms. The first-order valence-electron chi connectivity index (χ1n) is 10.6. The summed E-state index contributed by atoms with van der Waals surface area (Å²) in [6, 6.07) is 12.9. The number of sulfonamides is 1. The molecule has 1 aliphatic heterocycles. The molecule has 3 aromatic rings. The lowest BCUT2D eigenvalue weighted by Crippen LogP contribution is -2.50. The minimum atomic E-state index is -3.54. The summed E-state index contributed by atoms with van der Waals surface area (Å²) >= 11 is 0. The summed E-state index contributed by atoms with van der Waals surface area (Å²) in [7, 11) is -3.54. The van der Waals surface area contributed by atoms with Crippen LogP contribution in [0.1, 0.15) is 10.5 Å². The highest BCUT2D eigenvalue weighted by Crippen LogP contribution is 2.17. The Kier molecular flexibility index (Phi) is 6.84. The van der Waals surface area contributed by atoms with Gasteiger partial charge in [-0.15, -0.1) is 0 Å². The number of rotatable bonds is 8. The molecule has 0 bridgehead atoms. The molecule has 1 aromatic carbocycles. The van der Waals surface area contributed by atoms with Gasteiger partial charge in [-0.3, -0.25) is 14.9 Å². The molecule has 34 heavy (non-hydrogen) atoms. The SMILES string of the molecule is O=C(NCCS(=O)(=O)N1CCN(c2ccccn2)CC1)c1ccn(-c2cccc([N+](=O)[O-])c2)n1. The molecular formula is C21H23N7O5S. The van der Waals surface area contributed by atoms with Crippen LogP contribution in [0.5, 0.6) is 0 Å². The van der Waals surface area contributed by atoms with Crippen LogP contribution in [-0.2, 0) is 10.0 Å². The maximum Gasteiger partial charge on any atom is 0.271 e. The Morgan fingerprint density at radius 3 is 2.59 bits per heavy atom. The maximum atomic E-state index is 12.7. The van der Waals surface area contributed by atoms with Crippen LogP contribution in [0, 0.1) is 10.1 Å². The van der Waals surface area contributed by atoms with Crippen LogP contribution in [0.25, 0.3) is 5.69 Å². The van der Waals surface area contributed by atoms with Crippen LogP contribution in [0.15, 0.2) is 60.9 Å². The van der Waals surface area contributed by atoms with Crippen LogP contribution < -0.4 is 10.2 Å². The predicted molar refractivity (Wildman–Crippen MR) is 124 cm³/mol. The Balaban J connectivity index is 1.28. The second kappa shape index (κ2) is 9.97. The van der Waals surface area contributed by atoms with Crippen LogP contribution >= 0.6 is 0 Å². The lowest BCUT2D eigenvalue weighted by atomic mass is 10.3. The molecule has 0 unspecified atom stereocenters. The van der Waals surface area contributed by atoms with E-state index in [0.29, 0.717) is 31.9 Å². The number of pyridine rings is 1. The molecule has 3 heterocycles. The minimum Gasteiger partial charge on any atom is -0.354 e. The molecule has 1 saturated heterocycles. The van der Waals surface area contributed by atoms with Gasteiger partial charge in [0.1, 0.15) is 5.82 Å². The predicted octanol–water partition coefficient (Wildman–Crippen LogP) is 1.06. The highest BCUT2D eigenvalue weighted by atomic mass is 32.2. The molecule has 0 aliphatic carbocycles. The van der Waals surface area contributed by atoms with Crippen molar-refractivity contribution in [3.8, 4) is 5.69 Å². The van der Waals surface area contributed by atoms with E-state index in [0.717, 1.165) is 5.82 Å². The Bertz CT molecular complexity index is 1270. The van der Waals surface area contributed by atoms with Crippen molar-refractivity contribution in [1.29, 1.82) is 0 Å². The number of hydrogen-bond donors (Lipinski definition) is 1. The Hall–Kier alpha value is -3.84. The molecule has 1 amide bonds. The topological polar surface area (TPSA) is 144 Å². The zero-order chi connectivity index (χ0) is 24.1. The normalized spacial score (nSPS) is 14.6. The quantitative estimate of drug-likeness (QED) is 0.368. The highest BCUT2D eigenvalue weighted by molar-refractivity contribution is 7.89. The number of benzene rings is 1. The van der Waals surface area contributed by atoms with Crippen molar-refractivity contribution >= 4 is 27.4 Å². The number of nitrogens with one attached hydrogen (secondary N) is 1. The lowest BCUT2D eigenvalue weighted by molar-refractivity contribution is -0.384. The van der Waals surface area contributed by atoms with Crippen molar-refractivity contribution in [1.82, 2.24) is 24.4 Å². The van der Waals surface area contributed by atoms with Gasteiger partial charge in [0, 0.05) is 57.3 Å². The van der Waals surface area contributed by atoms with E-state index in [1.807, 2.05) is 23.1 Å². The van der Waals surface area contributed by atoms with Gasteiger partial charge in [-0.1, -0.05) is 12.1 Å². The van der Waals surface area contributed by atoms with Gasteiger partial charge in [-0.05, 0) is 24.3 Å². The summed E-state index contributed by atoms with van der Waals surface area (Å²) < 4.78 is 28.2. The van der Waals surface area contributed by atoms with E-state index in [-0.39, 0.29) is 23.7 Å². The smallest absolute Gasteiger partial charge is 0.271 e. The summed E-state index contributed by atoms with van der Waals surface area (Å²) in [4.78, 5) is 29.2. The van der Waals surface area contributed by atoms with Crippen molar-refractivity contribution < 1.29 is 18.1 Å². The Labute approximate surface area is 196 Å². The molecule has 0 atom stereocenters. The van der Waals surface area contributed by atoms with Crippen LogP contribution in [0.2, 0.25) is 0 Å². The first kappa shape index (κ1) is 23.3. The third-order valence-corrected chi connectivity index (χ3v) is 7.25. The number of hydrogen-bond acceptors (Lipinski definition) is 8. The summed E-state index contributed by atoms with van der Waals surface area (Å²) in [6.07, 6.45) is 3.21. The van der Waals surface area contributed by atoms with E-state index in [9.17, 15) is 23.3 Å². The Morgan fingerprint density at radius 1 is 1.09 bits per heavy atom. The van der Waals surface area contributed by atoms with E-state index in [1.54, 1.807) is 12.3 Å². The first-order valence-corrected chi connectivity index (χ1v) is 12.2. The zero-order valence-corrected chi connectivity index (χ0v) is 19.0. The monoisotopic (exact) mass is 485 g/mol. The molecular weight excluding hydrogens is 462 g/mol. The number of nitro benzene ring substituents is 1. The van der Waals surface area contributed by atoms with Crippen molar-refractivity contribution in [2.75, 3.05) is 43.4 Å². The van der Waals surface area contributed by atoms with Gasteiger partial charge in [0.05, 0.1) is 16.4 Å². The van der Waals surface area contributed by atoms with Gasteiger partial charge in [0.15, 0.2) is 5.69 Å². The van der Waals surface area contributed by atoms with Crippen LogP contribution in [0.4, 0.5) is 11.5 Å². The molecule has 0 radical (unpaired) electrons. The molecule has 1 fully saturated rings. The molecule has 0 saturated carbocycles. The number of nitro groups is 1. The fourth-order valence-corrected chi connectivity index (χ4v) is 4.93. The number of aromatic nitrogens is 3. The maximum absolute atomic E-state index is 12.7. The minimum absolute atomic E-state index is 0.0642. The largest absolute Gasteiger partial charge is 0.354 e. The average Bonchev–Trinajstić information content (AvgIpc) is 3.35. The number of non-ortho nitro benzene ring substituents is 1. The van der Waals surface area contributed by atoms with E-state index >= 15 is 0 Å². The number of carbonyl (C=O) groups is 1. The number of amides is 1. The third kappa shape index (κ3) is 5.38. The van der Waals surface area contributed by atoms with Gasteiger partial charge in [0.25, 0.3) is 11.6 Å². The number of anilines is 1. The summed E-state index contributed by atoms with van der Waals surface area (Å²) in [5.74, 6) is 0.0594. The van der Waals surface area contributed by atoms with Crippen LogP contribution in [0.3, 0.4) is 0 Å². The summed E-state index contributed by atoms with van der Waals surface area (Å²) in [5.41, 5.74) is 0.415. The number of piperazine rings is 1. The van der Waals surface area contributed by atoms with E-state index in [4.69, 9.17) is 0 Å². The molecule has 12 nitrogen and oxygen atoms in total. The van der Waals surface area contributed by atoms with Gasteiger partial charge >= 0.3 is 0 Å². The Morgan fingerprint density at radius 2 is 1.88 bits per heavy atom. The van der Waals surface area contributed by atoms with E-state index < -0.39 is 20.9 Å². The molecule has 0 spiro atoms. The van der Waals surface area contributed by atoms with Crippen molar-refractivity contribution in [2.45, 2.75) is 0 Å². The molecule has 178 valence electrons. The molecule has 1 aliphatic rings. The van der Waals surface area contributed by atoms with Gasteiger partial charge < -0.3 is 10.2 Å².